The van der Waals surface area contributed by atoms with E-state index in [1.54, 1.807) is 12.1 Å². The molecule has 21 heavy (non-hydrogen) atoms. The highest BCUT2D eigenvalue weighted by Crippen LogP contribution is 2.21. The van der Waals surface area contributed by atoms with Crippen LogP contribution in [0.2, 0.25) is 0 Å². The fraction of sp³-hybridized carbons (Fsp3) is 0.0714. The molecule has 2 amide bonds. The van der Waals surface area contributed by atoms with Crippen molar-refractivity contribution < 1.29 is 19.8 Å². The Kier molecular flexibility index (Phi) is 4.03. The third-order valence-corrected chi connectivity index (χ3v) is 2.65. The number of aromatic hydroxyl groups is 1. The smallest absolute Gasteiger partial charge is 0.337 e. The van der Waals surface area contributed by atoms with Crippen molar-refractivity contribution in [3.63, 3.8) is 0 Å². The van der Waals surface area contributed by atoms with Crippen molar-refractivity contribution in [1.29, 1.82) is 0 Å². The number of urea groups is 1. The lowest BCUT2D eigenvalue weighted by Gasteiger charge is -2.10. The molecule has 2 rings (SSSR count). The van der Waals surface area contributed by atoms with Gasteiger partial charge in [0.25, 0.3) is 0 Å². The van der Waals surface area contributed by atoms with Crippen LogP contribution in [0.25, 0.3) is 0 Å². The van der Waals surface area contributed by atoms with Gasteiger partial charge in [-0.3, -0.25) is 4.98 Å². The maximum atomic E-state index is 11.8. The first-order chi connectivity index (χ1) is 9.95. The maximum absolute atomic E-state index is 11.8. The molecule has 0 bridgehead atoms. The summed E-state index contributed by atoms with van der Waals surface area (Å²) in [6.07, 6.45) is 1.49. The van der Waals surface area contributed by atoms with Gasteiger partial charge >= 0.3 is 12.0 Å². The zero-order valence-corrected chi connectivity index (χ0v) is 11.1. The number of carboxylic acid groups (broad SMARTS) is 1. The van der Waals surface area contributed by atoms with E-state index in [1.807, 2.05) is 6.92 Å². The van der Waals surface area contributed by atoms with Crippen LogP contribution in [-0.4, -0.2) is 27.2 Å². The quantitative estimate of drug-likeness (QED) is 0.648. The molecule has 0 atom stereocenters. The Morgan fingerprint density at radius 2 is 1.90 bits per heavy atom. The van der Waals surface area contributed by atoms with Crippen molar-refractivity contribution in [1.82, 2.24) is 4.98 Å². The van der Waals surface area contributed by atoms with Crippen molar-refractivity contribution >= 4 is 23.4 Å². The molecular formula is C14H13N3O4. The molecule has 4 N–H and O–H groups in total. The zero-order valence-electron chi connectivity index (χ0n) is 11.1. The van der Waals surface area contributed by atoms with Gasteiger partial charge in [-0.05, 0) is 37.3 Å². The van der Waals surface area contributed by atoms with Crippen LogP contribution in [0.3, 0.4) is 0 Å². The topological polar surface area (TPSA) is 112 Å². The second kappa shape index (κ2) is 5.91. The van der Waals surface area contributed by atoms with E-state index in [1.165, 1.54) is 18.3 Å². The van der Waals surface area contributed by atoms with Crippen LogP contribution in [0, 0.1) is 6.92 Å². The van der Waals surface area contributed by atoms with Gasteiger partial charge in [0.05, 0.1) is 23.1 Å². The SMILES string of the molecule is Cc1ccc(NC(=O)Nc2ccc(O)cc2C(=O)O)cn1. The molecule has 0 fully saturated rings. The van der Waals surface area contributed by atoms with E-state index in [9.17, 15) is 14.7 Å². The molecule has 108 valence electrons. The Morgan fingerprint density at radius 1 is 1.14 bits per heavy atom. The van der Waals surface area contributed by atoms with Crippen LogP contribution in [0.1, 0.15) is 16.1 Å². The Bertz CT molecular complexity index is 683. The summed E-state index contributed by atoms with van der Waals surface area (Å²) in [6.45, 7) is 1.82. The molecule has 1 aromatic carbocycles. The third kappa shape index (κ3) is 3.69. The maximum Gasteiger partial charge on any atom is 0.337 e. The van der Waals surface area contributed by atoms with Crippen LogP contribution in [0.4, 0.5) is 16.2 Å². The van der Waals surface area contributed by atoms with E-state index in [4.69, 9.17) is 5.11 Å². The molecule has 0 saturated carbocycles. The number of nitrogens with one attached hydrogen (secondary N) is 2. The normalized spacial score (nSPS) is 9.95. The molecule has 0 saturated heterocycles. The number of amides is 2. The lowest BCUT2D eigenvalue weighted by Crippen LogP contribution is -2.21. The number of hydrogen-bond acceptors (Lipinski definition) is 4. The van der Waals surface area contributed by atoms with Crippen molar-refractivity contribution in [2.24, 2.45) is 0 Å². The van der Waals surface area contributed by atoms with Gasteiger partial charge in [0.1, 0.15) is 5.75 Å². The summed E-state index contributed by atoms with van der Waals surface area (Å²) in [4.78, 5) is 26.9. The van der Waals surface area contributed by atoms with E-state index >= 15 is 0 Å². The molecule has 1 aromatic heterocycles. The Hall–Kier alpha value is -3.09. The number of anilines is 2. The first kappa shape index (κ1) is 14.3. The van der Waals surface area contributed by atoms with Gasteiger partial charge in [0.2, 0.25) is 0 Å². The summed E-state index contributed by atoms with van der Waals surface area (Å²) < 4.78 is 0. The van der Waals surface area contributed by atoms with E-state index in [2.05, 4.69) is 15.6 Å². The minimum absolute atomic E-state index is 0.0814. The minimum Gasteiger partial charge on any atom is -0.508 e. The number of pyridine rings is 1. The fourth-order valence-electron chi connectivity index (χ4n) is 1.64. The van der Waals surface area contributed by atoms with Crippen LogP contribution in [-0.2, 0) is 0 Å². The average Bonchev–Trinajstić information content (AvgIpc) is 2.43. The number of aromatic nitrogens is 1. The van der Waals surface area contributed by atoms with Crippen LogP contribution in [0.5, 0.6) is 5.75 Å². The zero-order chi connectivity index (χ0) is 15.4. The van der Waals surface area contributed by atoms with E-state index in [0.29, 0.717) is 5.69 Å². The van der Waals surface area contributed by atoms with Crippen molar-refractivity contribution in [2.75, 3.05) is 10.6 Å². The minimum atomic E-state index is -1.25. The summed E-state index contributed by atoms with van der Waals surface area (Å²) >= 11 is 0. The first-order valence-electron chi connectivity index (χ1n) is 6.02. The number of benzene rings is 1. The fourth-order valence-corrected chi connectivity index (χ4v) is 1.64. The van der Waals surface area contributed by atoms with Crippen molar-refractivity contribution in [3.05, 3.63) is 47.8 Å². The summed E-state index contributed by atoms with van der Waals surface area (Å²) in [5.41, 5.74) is 1.17. The van der Waals surface area contributed by atoms with Gasteiger partial charge in [0.15, 0.2) is 0 Å². The number of nitrogens with zero attached hydrogens (tertiary/aromatic N) is 1. The number of hydrogen-bond donors (Lipinski definition) is 4. The van der Waals surface area contributed by atoms with Crippen molar-refractivity contribution in [3.8, 4) is 5.75 Å². The Labute approximate surface area is 120 Å². The van der Waals surface area contributed by atoms with Crippen LogP contribution in [0.15, 0.2) is 36.5 Å². The highest BCUT2D eigenvalue weighted by atomic mass is 16.4. The molecule has 0 radical (unpaired) electrons. The molecule has 0 unspecified atom stereocenters. The molecule has 7 nitrogen and oxygen atoms in total. The highest BCUT2D eigenvalue weighted by molar-refractivity contribution is 6.04. The summed E-state index contributed by atoms with van der Waals surface area (Å²) in [5, 5.41) is 23.3. The van der Waals surface area contributed by atoms with E-state index in [-0.39, 0.29) is 17.0 Å². The number of phenols is 1. The van der Waals surface area contributed by atoms with Gasteiger partial charge in [0, 0.05) is 5.69 Å². The Morgan fingerprint density at radius 3 is 2.52 bits per heavy atom. The standard InChI is InChI=1S/C14H13N3O4/c1-8-2-3-9(7-15-8)16-14(21)17-12-5-4-10(18)6-11(12)13(19)20/h2-7,18H,1H3,(H,19,20)(H2,16,17,21). The van der Waals surface area contributed by atoms with Gasteiger partial charge < -0.3 is 20.8 Å². The number of carboxylic acids is 1. The van der Waals surface area contributed by atoms with Crippen molar-refractivity contribution in [2.45, 2.75) is 6.92 Å². The van der Waals surface area contributed by atoms with E-state index < -0.39 is 12.0 Å². The number of carbonyl (C=O) groups excluding carboxylic acids is 1. The highest BCUT2D eigenvalue weighted by Gasteiger charge is 2.13. The predicted octanol–water partition coefficient (Wildman–Crippen LogP) is 2.44. The molecular weight excluding hydrogens is 274 g/mol. The van der Waals surface area contributed by atoms with E-state index in [0.717, 1.165) is 11.8 Å². The number of rotatable bonds is 3. The molecule has 0 aliphatic heterocycles. The lowest BCUT2D eigenvalue weighted by atomic mass is 10.1. The number of aryl methyl sites for hydroxylation is 1. The van der Waals surface area contributed by atoms with Gasteiger partial charge in [-0.15, -0.1) is 0 Å². The van der Waals surface area contributed by atoms with Gasteiger partial charge in [-0.25, -0.2) is 9.59 Å². The largest absolute Gasteiger partial charge is 0.508 e. The molecule has 0 spiro atoms. The summed E-state index contributed by atoms with van der Waals surface area (Å²) in [6, 6.07) is 6.47. The molecule has 1 heterocycles. The number of carbonyl (C=O) groups is 2. The number of aromatic carboxylic acids is 1. The van der Waals surface area contributed by atoms with Crippen LogP contribution >= 0.6 is 0 Å². The van der Waals surface area contributed by atoms with Gasteiger partial charge in [-0.1, -0.05) is 0 Å². The first-order valence-corrected chi connectivity index (χ1v) is 6.02. The molecule has 7 heteroatoms. The monoisotopic (exact) mass is 287 g/mol. The molecule has 2 aromatic rings. The summed E-state index contributed by atoms with van der Waals surface area (Å²) in [5.74, 6) is -1.45. The van der Waals surface area contributed by atoms with Gasteiger partial charge in [-0.2, -0.15) is 0 Å². The van der Waals surface area contributed by atoms with Crippen LogP contribution < -0.4 is 10.6 Å². The second-order valence-corrected chi connectivity index (χ2v) is 4.30. The second-order valence-electron chi connectivity index (χ2n) is 4.30. The molecule has 0 aliphatic carbocycles. The third-order valence-electron chi connectivity index (χ3n) is 2.65. The predicted molar refractivity (Wildman–Crippen MR) is 76.7 cm³/mol. The lowest BCUT2D eigenvalue weighted by molar-refractivity contribution is 0.0697. The molecule has 0 aliphatic rings. The number of phenolic OH excluding ortho intramolecular Hbond substituents is 1. The Balaban J connectivity index is 2.12. The summed E-state index contributed by atoms with van der Waals surface area (Å²) in [7, 11) is 0. The average molecular weight is 287 g/mol.